The van der Waals surface area contributed by atoms with Gasteiger partial charge in [-0.15, -0.1) is 0 Å². The van der Waals surface area contributed by atoms with Crippen molar-refractivity contribution < 1.29 is 8.83 Å². The zero-order valence-corrected chi connectivity index (χ0v) is 32.4. The van der Waals surface area contributed by atoms with E-state index in [2.05, 4.69) is 135 Å². The van der Waals surface area contributed by atoms with E-state index in [0.29, 0.717) is 17.5 Å². The van der Waals surface area contributed by atoms with Gasteiger partial charge in [0.2, 0.25) is 0 Å². The van der Waals surface area contributed by atoms with Crippen molar-refractivity contribution in [1.29, 1.82) is 0 Å². The quantitative estimate of drug-likeness (QED) is 0.175. The van der Waals surface area contributed by atoms with Gasteiger partial charge >= 0.3 is 0 Å². The normalized spacial score (nSPS) is 13.1. The van der Waals surface area contributed by atoms with Gasteiger partial charge in [-0.05, 0) is 80.9 Å². The second-order valence-corrected chi connectivity index (χ2v) is 15.9. The van der Waals surface area contributed by atoms with Crippen molar-refractivity contribution in [3.8, 4) is 67.5 Å². The summed E-state index contributed by atoms with van der Waals surface area (Å²) in [6, 6.07) is 61.3. The molecule has 3 heterocycles. The number of nitrogens with zero attached hydrogens (tertiary/aromatic N) is 3. The van der Waals surface area contributed by atoms with Gasteiger partial charge in [-0.1, -0.05) is 153 Å². The van der Waals surface area contributed by atoms with Gasteiger partial charge in [-0.3, -0.25) is 0 Å². The number of para-hydroxylation sites is 1. The van der Waals surface area contributed by atoms with Gasteiger partial charge in [0.25, 0.3) is 0 Å². The van der Waals surface area contributed by atoms with Crippen LogP contribution in [0.15, 0.2) is 185 Å². The van der Waals surface area contributed by atoms with E-state index in [1.165, 1.54) is 27.8 Å². The Hall–Kier alpha value is -7.63. The lowest BCUT2D eigenvalue weighted by molar-refractivity contribution is 0.660. The van der Waals surface area contributed by atoms with E-state index in [0.717, 1.165) is 77.3 Å². The van der Waals surface area contributed by atoms with Gasteiger partial charge in [0, 0.05) is 43.7 Å². The van der Waals surface area contributed by atoms with Crippen molar-refractivity contribution in [3.05, 3.63) is 187 Å². The summed E-state index contributed by atoms with van der Waals surface area (Å²) in [5.74, 6) is 1.71. The first kappa shape index (κ1) is 33.5. The lowest BCUT2D eigenvalue weighted by Crippen LogP contribution is -2.14. The second kappa shape index (κ2) is 12.7. The summed E-state index contributed by atoms with van der Waals surface area (Å²) in [4.78, 5) is 15.9. The van der Waals surface area contributed by atoms with Crippen LogP contribution in [0.3, 0.4) is 0 Å². The van der Waals surface area contributed by atoms with Crippen molar-refractivity contribution in [2.24, 2.45) is 0 Å². The first-order valence-corrected chi connectivity index (χ1v) is 20.0. The molecule has 0 spiro atoms. The Bertz CT molecular complexity index is 3480. The van der Waals surface area contributed by atoms with Crippen LogP contribution >= 0.6 is 0 Å². The molecule has 0 unspecified atom stereocenters. The highest BCUT2D eigenvalue weighted by molar-refractivity contribution is 6.14. The molecule has 1 aliphatic rings. The highest BCUT2D eigenvalue weighted by Gasteiger charge is 2.35. The van der Waals surface area contributed by atoms with Gasteiger partial charge in [0.05, 0.1) is 0 Å². The Morgan fingerprint density at radius 1 is 0.339 bits per heavy atom. The average molecular weight is 758 g/mol. The predicted octanol–water partition coefficient (Wildman–Crippen LogP) is 14.3. The van der Waals surface area contributed by atoms with E-state index in [9.17, 15) is 0 Å². The number of aromatic nitrogens is 3. The van der Waals surface area contributed by atoms with Gasteiger partial charge in [0.15, 0.2) is 17.5 Å². The minimum absolute atomic E-state index is 0.0954. The van der Waals surface area contributed by atoms with Crippen LogP contribution < -0.4 is 0 Å². The van der Waals surface area contributed by atoms with E-state index in [4.69, 9.17) is 23.8 Å². The van der Waals surface area contributed by atoms with Crippen LogP contribution in [0.4, 0.5) is 0 Å². The first-order valence-electron chi connectivity index (χ1n) is 20.0. The van der Waals surface area contributed by atoms with Crippen LogP contribution in [0.5, 0.6) is 0 Å². The maximum Gasteiger partial charge on any atom is 0.164 e. The zero-order valence-electron chi connectivity index (χ0n) is 32.4. The summed E-state index contributed by atoms with van der Waals surface area (Å²) in [6.07, 6.45) is 0. The molecule has 1 aliphatic carbocycles. The van der Waals surface area contributed by atoms with E-state index < -0.39 is 0 Å². The highest BCUT2D eigenvalue weighted by Crippen LogP contribution is 2.50. The fourth-order valence-corrected chi connectivity index (χ4v) is 9.32. The molecule has 0 N–H and O–H groups in total. The molecule has 278 valence electrons. The number of hydrogen-bond acceptors (Lipinski definition) is 5. The summed E-state index contributed by atoms with van der Waals surface area (Å²) >= 11 is 0. The standard InChI is InChI=1S/C54H35N3O2/c1-54(2)43-22-10-8-17-36(43)37-28-26-34(31-44(37)54)33-27-29-46-42(30-33)50-41(21-13-25-48(50)59-46)53-56-51(38-18-7-6-16-35(38)32-14-4-3-5-15-32)55-52(57-53)40-20-12-24-47-49(40)39-19-9-11-23-45(39)58-47/h3-31H,1-2H3. The summed E-state index contributed by atoms with van der Waals surface area (Å²) in [5.41, 5.74) is 15.5. The highest BCUT2D eigenvalue weighted by atomic mass is 16.3. The van der Waals surface area contributed by atoms with Gasteiger partial charge in [-0.2, -0.15) is 0 Å². The molecule has 5 nitrogen and oxygen atoms in total. The molecule has 8 aromatic carbocycles. The van der Waals surface area contributed by atoms with Crippen molar-refractivity contribution >= 4 is 43.9 Å². The third-order valence-corrected chi connectivity index (χ3v) is 12.2. The molecule has 11 aromatic rings. The molecule has 3 aromatic heterocycles. The SMILES string of the molecule is CC1(C)c2ccccc2-c2ccc(-c3ccc4oc5cccc(-c6nc(-c7ccccc7-c7ccccc7)nc(-c7cccc8oc9ccccc9c78)n6)c5c4c3)cc21. The van der Waals surface area contributed by atoms with Gasteiger partial charge in [-0.25, -0.2) is 15.0 Å². The summed E-state index contributed by atoms with van der Waals surface area (Å²) in [5, 5.41) is 3.96. The Labute approximate surface area is 340 Å². The molecule has 0 saturated heterocycles. The molecule has 12 rings (SSSR count). The Balaban J connectivity index is 1.08. The van der Waals surface area contributed by atoms with E-state index >= 15 is 0 Å². The van der Waals surface area contributed by atoms with E-state index in [-0.39, 0.29) is 5.41 Å². The van der Waals surface area contributed by atoms with E-state index in [1.807, 2.05) is 54.6 Å². The predicted molar refractivity (Wildman–Crippen MR) is 239 cm³/mol. The minimum atomic E-state index is -0.0954. The molecule has 0 aliphatic heterocycles. The summed E-state index contributed by atoms with van der Waals surface area (Å²) in [6.45, 7) is 4.65. The molecule has 59 heavy (non-hydrogen) atoms. The largest absolute Gasteiger partial charge is 0.456 e. The monoisotopic (exact) mass is 757 g/mol. The average Bonchev–Trinajstić information content (AvgIpc) is 3.94. The topological polar surface area (TPSA) is 65.0 Å². The van der Waals surface area contributed by atoms with Crippen molar-refractivity contribution in [1.82, 2.24) is 15.0 Å². The van der Waals surface area contributed by atoms with Crippen LogP contribution in [-0.2, 0) is 5.41 Å². The van der Waals surface area contributed by atoms with Crippen LogP contribution in [0.1, 0.15) is 25.0 Å². The molecular weight excluding hydrogens is 723 g/mol. The van der Waals surface area contributed by atoms with E-state index in [1.54, 1.807) is 0 Å². The molecular formula is C54H35N3O2. The third kappa shape index (κ3) is 5.14. The van der Waals surface area contributed by atoms with Crippen LogP contribution in [0, 0.1) is 0 Å². The number of hydrogen-bond donors (Lipinski definition) is 0. The van der Waals surface area contributed by atoms with Crippen molar-refractivity contribution in [2.75, 3.05) is 0 Å². The number of fused-ring (bicyclic) bond motifs is 9. The molecule has 0 bridgehead atoms. The fraction of sp³-hybridized carbons (Fsp3) is 0.0556. The fourth-order valence-electron chi connectivity index (χ4n) is 9.32. The lowest BCUT2D eigenvalue weighted by Gasteiger charge is -2.22. The Morgan fingerprint density at radius 3 is 1.59 bits per heavy atom. The summed E-state index contributed by atoms with van der Waals surface area (Å²) < 4.78 is 12.9. The van der Waals surface area contributed by atoms with Gasteiger partial charge < -0.3 is 8.83 Å². The smallest absolute Gasteiger partial charge is 0.164 e. The first-order chi connectivity index (χ1) is 29.0. The van der Waals surface area contributed by atoms with Crippen molar-refractivity contribution in [3.63, 3.8) is 0 Å². The molecule has 5 heteroatoms. The molecule has 0 amide bonds. The molecule has 0 radical (unpaired) electrons. The minimum Gasteiger partial charge on any atom is -0.456 e. The van der Waals surface area contributed by atoms with Crippen LogP contribution in [0.2, 0.25) is 0 Å². The lowest BCUT2D eigenvalue weighted by atomic mass is 9.81. The van der Waals surface area contributed by atoms with Crippen LogP contribution in [0.25, 0.3) is 111 Å². The zero-order chi connectivity index (χ0) is 39.2. The van der Waals surface area contributed by atoms with Gasteiger partial charge in [0.1, 0.15) is 22.3 Å². The number of furan rings is 2. The maximum atomic E-state index is 6.57. The Kier molecular flexibility index (Phi) is 7.20. The molecule has 0 saturated carbocycles. The Morgan fingerprint density at radius 2 is 0.847 bits per heavy atom. The number of benzene rings is 8. The maximum absolute atomic E-state index is 6.57. The van der Waals surface area contributed by atoms with Crippen molar-refractivity contribution in [2.45, 2.75) is 19.3 Å². The van der Waals surface area contributed by atoms with Crippen LogP contribution in [-0.4, -0.2) is 15.0 Å². The summed E-state index contributed by atoms with van der Waals surface area (Å²) in [7, 11) is 0. The number of rotatable bonds is 5. The molecule has 0 fully saturated rings. The second-order valence-electron chi connectivity index (χ2n) is 15.9. The molecule has 0 atom stereocenters. The third-order valence-electron chi connectivity index (χ3n) is 12.2.